The molecule has 0 aromatic heterocycles. The van der Waals surface area contributed by atoms with Gasteiger partial charge in [0.25, 0.3) is 10.1 Å². The van der Waals surface area contributed by atoms with Gasteiger partial charge in [-0.25, -0.2) is 0 Å². The first-order valence-electron chi connectivity index (χ1n) is 4.41. The third-order valence-electron chi connectivity index (χ3n) is 2.39. The van der Waals surface area contributed by atoms with Crippen molar-refractivity contribution in [3.8, 4) is 0 Å². The van der Waals surface area contributed by atoms with E-state index in [1.165, 1.54) is 0 Å². The number of carbonyl (C=O) groups is 2. The molecule has 22 heavy (non-hydrogen) atoms. The van der Waals surface area contributed by atoms with Crippen LogP contribution in [0.3, 0.4) is 0 Å². The van der Waals surface area contributed by atoms with Gasteiger partial charge in [0.05, 0.1) is 33.0 Å². The minimum absolute atomic E-state index is 0. The normalized spacial score (nSPS) is 25.2. The molecule has 0 saturated heterocycles. The Labute approximate surface area is 168 Å². The summed E-state index contributed by atoms with van der Waals surface area (Å²) in [4.78, 5) is 17.6. The van der Waals surface area contributed by atoms with Crippen molar-refractivity contribution in [2.24, 2.45) is 5.92 Å². The van der Waals surface area contributed by atoms with E-state index in [1.54, 1.807) is 0 Å². The van der Waals surface area contributed by atoms with Crippen LogP contribution in [0, 0.1) is 5.92 Å². The van der Waals surface area contributed by atoms with Gasteiger partial charge in [-0.3, -0.25) is 4.55 Å². The van der Waals surface area contributed by atoms with E-state index in [-0.39, 0.29) is 37.7 Å². The molecule has 0 amide bonds. The van der Waals surface area contributed by atoms with E-state index < -0.39 is 52.9 Å². The van der Waals surface area contributed by atoms with Gasteiger partial charge in [0.1, 0.15) is 9.78 Å². The molecule has 0 aromatic rings. The molecule has 0 radical (unpaired) electrons. The second-order valence-electron chi connectivity index (χ2n) is 3.53. The third-order valence-corrected chi connectivity index (χ3v) is 5.61. The molecule has 1 N–H and O–H groups in total. The summed E-state index contributed by atoms with van der Waals surface area (Å²) in [5, 5.41) is 19.3. The SMILES string of the molecule is O=C([O-])C1C(S(=O)(=O)O)=C(Cl)C(Cl)=C(Cl)C1(Cl)C(=O)[O-].[Li+].[Li+]. The first kappa shape index (κ1) is 24.9. The number of hydrogen-bond acceptors (Lipinski definition) is 6. The number of aliphatic carboxylic acids is 2. The van der Waals surface area contributed by atoms with Crippen molar-refractivity contribution < 1.29 is 70.5 Å². The van der Waals surface area contributed by atoms with Gasteiger partial charge in [0, 0.05) is 0 Å². The quantitative estimate of drug-likeness (QED) is 0.284. The molecule has 0 aliphatic heterocycles. The van der Waals surface area contributed by atoms with Crippen molar-refractivity contribution in [1.29, 1.82) is 0 Å². The number of halogens is 4. The van der Waals surface area contributed by atoms with Crippen molar-refractivity contribution >= 4 is 68.5 Å². The Morgan fingerprint density at radius 3 is 1.77 bits per heavy atom. The van der Waals surface area contributed by atoms with Gasteiger partial charge in [0.15, 0.2) is 0 Å². The van der Waals surface area contributed by atoms with Gasteiger partial charge in [-0.1, -0.05) is 34.8 Å². The molecule has 14 heteroatoms. The number of rotatable bonds is 3. The summed E-state index contributed by atoms with van der Waals surface area (Å²) in [6.07, 6.45) is 0. The molecule has 112 valence electrons. The second-order valence-corrected chi connectivity index (χ2v) is 6.65. The van der Waals surface area contributed by atoms with Crippen LogP contribution in [0.15, 0.2) is 20.0 Å². The van der Waals surface area contributed by atoms with Crippen LogP contribution < -0.4 is 47.9 Å². The van der Waals surface area contributed by atoms with Crippen LogP contribution in [0.2, 0.25) is 0 Å². The number of carbonyl (C=O) groups excluding carboxylic acids is 2. The maximum absolute atomic E-state index is 11.2. The number of allylic oxidation sites excluding steroid dienone is 2. The van der Waals surface area contributed by atoms with E-state index in [4.69, 9.17) is 51.0 Å². The van der Waals surface area contributed by atoms with Gasteiger partial charge in [0.2, 0.25) is 0 Å². The molecule has 2 unspecified atom stereocenters. The molecule has 0 bridgehead atoms. The van der Waals surface area contributed by atoms with Crippen molar-refractivity contribution in [3.05, 3.63) is 20.0 Å². The third kappa shape index (κ3) is 4.01. The monoisotopic (exact) mass is 396 g/mol. The van der Waals surface area contributed by atoms with Gasteiger partial charge in [-0.05, 0) is 0 Å². The maximum Gasteiger partial charge on any atom is 1.00 e. The molecular formula is C8H2Cl4Li2O7S. The zero-order chi connectivity index (χ0) is 16.0. The van der Waals surface area contributed by atoms with E-state index in [2.05, 4.69) is 0 Å². The smallest absolute Gasteiger partial charge is 0.549 e. The van der Waals surface area contributed by atoms with Crippen molar-refractivity contribution in [2.75, 3.05) is 0 Å². The minimum Gasteiger partial charge on any atom is -0.549 e. The average Bonchev–Trinajstić information content (AvgIpc) is 2.28. The summed E-state index contributed by atoms with van der Waals surface area (Å²) in [6.45, 7) is 0. The Bertz CT molecular complexity index is 674. The van der Waals surface area contributed by atoms with Crippen LogP contribution in [0.5, 0.6) is 0 Å². The Kier molecular flexibility index (Phi) is 9.27. The topological polar surface area (TPSA) is 135 Å². The van der Waals surface area contributed by atoms with Crippen molar-refractivity contribution in [2.45, 2.75) is 4.87 Å². The summed E-state index contributed by atoms with van der Waals surface area (Å²) >= 11 is 22.1. The number of carboxylic acids is 2. The fourth-order valence-electron chi connectivity index (χ4n) is 1.54. The van der Waals surface area contributed by atoms with E-state index in [9.17, 15) is 28.2 Å². The van der Waals surface area contributed by atoms with Crippen molar-refractivity contribution in [1.82, 2.24) is 0 Å². The average molecular weight is 398 g/mol. The molecule has 0 saturated carbocycles. The zero-order valence-corrected chi connectivity index (χ0v) is 14.7. The summed E-state index contributed by atoms with van der Waals surface area (Å²) in [5.41, 5.74) is 0. The predicted molar refractivity (Wildman–Crippen MR) is 65.2 cm³/mol. The summed E-state index contributed by atoms with van der Waals surface area (Å²) in [7, 11) is -5.26. The zero-order valence-electron chi connectivity index (χ0n) is 10.9. The van der Waals surface area contributed by atoms with Crippen LogP contribution in [0.1, 0.15) is 0 Å². The molecule has 1 aliphatic carbocycles. The predicted octanol–water partition coefficient (Wildman–Crippen LogP) is -6.87. The number of carboxylic acid groups (broad SMARTS) is 2. The molecule has 7 nitrogen and oxygen atoms in total. The molecule has 0 fully saturated rings. The minimum atomic E-state index is -5.26. The fraction of sp³-hybridized carbons (Fsp3) is 0.250. The molecule has 2 atom stereocenters. The van der Waals surface area contributed by atoms with E-state index in [0.717, 1.165) is 0 Å². The molecule has 1 rings (SSSR count). The van der Waals surface area contributed by atoms with E-state index in [0.29, 0.717) is 0 Å². The van der Waals surface area contributed by atoms with Gasteiger partial charge in [-0.15, -0.1) is 11.6 Å². The van der Waals surface area contributed by atoms with Crippen molar-refractivity contribution in [3.63, 3.8) is 0 Å². The van der Waals surface area contributed by atoms with Crippen LogP contribution in [0.25, 0.3) is 0 Å². The number of alkyl halides is 1. The van der Waals surface area contributed by atoms with Gasteiger partial charge < -0.3 is 19.8 Å². The summed E-state index contributed by atoms with van der Waals surface area (Å²) < 4.78 is 31.4. The molecule has 0 spiro atoms. The first-order chi connectivity index (χ1) is 8.86. The first-order valence-corrected chi connectivity index (χ1v) is 7.36. The molecular weight excluding hydrogens is 396 g/mol. The largest absolute Gasteiger partial charge is 1.00 e. The fourth-order valence-corrected chi connectivity index (χ4v) is 3.97. The van der Waals surface area contributed by atoms with E-state index >= 15 is 0 Å². The van der Waals surface area contributed by atoms with Crippen LogP contribution in [-0.4, -0.2) is 29.8 Å². The number of hydrogen-bond donors (Lipinski definition) is 1. The summed E-state index contributed by atoms with van der Waals surface area (Å²) in [5.74, 6) is -7.16. The Balaban J connectivity index is 0. The summed E-state index contributed by atoms with van der Waals surface area (Å²) in [6, 6.07) is 0. The van der Waals surface area contributed by atoms with Crippen LogP contribution >= 0.6 is 46.4 Å². The Hall–Kier alpha value is 0.685. The maximum atomic E-state index is 11.2. The molecule has 0 aromatic carbocycles. The van der Waals surface area contributed by atoms with Crippen LogP contribution in [0.4, 0.5) is 0 Å². The Morgan fingerprint density at radius 2 is 1.50 bits per heavy atom. The second kappa shape index (κ2) is 8.18. The van der Waals surface area contributed by atoms with E-state index in [1.807, 2.05) is 0 Å². The Morgan fingerprint density at radius 1 is 1.09 bits per heavy atom. The van der Waals surface area contributed by atoms with Gasteiger partial charge >= 0.3 is 37.7 Å². The molecule has 0 heterocycles. The molecule has 1 aliphatic rings. The van der Waals surface area contributed by atoms with Gasteiger partial charge in [-0.2, -0.15) is 8.42 Å². The van der Waals surface area contributed by atoms with Crippen LogP contribution in [-0.2, 0) is 19.7 Å². The standard InChI is InChI=1S/C8H4Cl4O7S.2Li/c9-2-3(10)5(11)8(12,7(15)16)1(6(13)14)4(2)20(17,18)19;;/h1H,(H,13,14)(H,15,16)(H,17,18,19);;/q;2*+1/p-2.